The van der Waals surface area contributed by atoms with E-state index < -0.39 is 6.15 Å². The highest BCUT2D eigenvalue weighted by molar-refractivity contribution is 7.97. The number of hydrogen-bond acceptors (Lipinski definition) is 0. The largest absolute Gasteiger partial charge is 0.195 e. The molecule has 0 unspecified atom stereocenters. The molecule has 0 atom stereocenters. The summed E-state index contributed by atoms with van der Waals surface area (Å²) in [6.07, 6.45) is -1.22. The first kappa shape index (κ1) is 30.0. The van der Waals surface area contributed by atoms with E-state index >= 15 is 0 Å². The SMILES string of the molecule is Cc1ccc([S+](c2ccccc2)c2ccccc2)cc1.c1ccc([B-](c2ccccc2)(c2ccccc2)c2ccccc2)cc1. The molecule has 7 rings (SSSR count). The third kappa shape index (κ3) is 6.72. The molecular weight excluding hydrogens is 559 g/mol. The second kappa shape index (κ2) is 14.6. The number of benzene rings is 7. The van der Waals surface area contributed by atoms with Crippen molar-refractivity contribution in [3.05, 3.63) is 212 Å². The van der Waals surface area contributed by atoms with Crippen LogP contribution in [-0.4, -0.2) is 6.15 Å². The van der Waals surface area contributed by atoms with E-state index in [-0.39, 0.29) is 10.9 Å². The Labute approximate surface area is 271 Å². The van der Waals surface area contributed by atoms with Crippen molar-refractivity contribution < 1.29 is 0 Å². The standard InChI is InChI=1S/C24H20B.C19H17S/c1-5-13-21(14-6-1)25(22-15-7-2-8-16-22,23-17-9-3-10-18-23)24-19-11-4-12-20-24;1-16-12-14-19(15-13-16)20(17-8-4-2-5-9-17)18-10-6-3-7-11-18/h1-20H;2-15H,1H3/q-1;+1. The van der Waals surface area contributed by atoms with Crippen LogP contribution < -0.4 is 21.9 Å². The molecule has 0 nitrogen and oxygen atoms in total. The minimum atomic E-state index is -1.22. The summed E-state index contributed by atoms with van der Waals surface area (Å²) in [5, 5.41) is 0. The minimum Gasteiger partial charge on any atom is -0.195 e. The third-order valence-corrected chi connectivity index (χ3v) is 10.6. The second-order valence-electron chi connectivity index (χ2n) is 11.3. The predicted molar refractivity (Wildman–Crippen MR) is 196 cm³/mol. The van der Waals surface area contributed by atoms with Crippen molar-refractivity contribution in [2.75, 3.05) is 0 Å². The molecule has 0 saturated heterocycles. The summed E-state index contributed by atoms with van der Waals surface area (Å²) >= 11 is 0. The first-order valence-electron chi connectivity index (χ1n) is 15.6. The normalized spacial score (nSPS) is 11.0. The van der Waals surface area contributed by atoms with Crippen LogP contribution in [0.1, 0.15) is 5.56 Å². The molecule has 0 aliphatic carbocycles. The fourth-order valence-electron chi connectivity index (χ4n) is 6.32. The van der Waals surface area contributed by atoms with Crippen molar-refractivity contribution in [3.8, 4) is 0 Å². The van der Waals surface area contributed by atoms with Crippen molar-refractivity contribution in [3.63, 3.8) is 0 Å². The molecule has 0 fully saturated rings. The maximum Gasteiger partial charge on any atom is 0.166 e. The monoisotopic (exact) mass is 596 g/mol. The molecule has 0 spiro atoms. The average molecular weight is 597 g/mol. The van der Waals surface area contributed by atoms with E-state index in [1.165, 1.54) is 42.1 Å². The van der Waals surface area contributed by atoms with Gasteiger partial charge in [-0.25, -0.2) is 0 Å². The van der Waals surface area contributed by atoms with Gasteiger partial charge in [-0.15, -0.1) is 0 Å². The van der Waals surface area contributed by atoms with Crippen LogP contribution in [0.15, 0.2) is 221 Å². The number of aryl methyl sites for hydroxylation is 1. The van der Waals surface area contributed by atoms with Gasteiger partial charge in [0.2, 0.25) is 0 Å². The fraction of sp³-hybridized carbons (Fsp3) is 0.0233. The van der Waals surface area contributed by atoms with Crippen molar-refractivity contribution in [2.24, 2.45) is 0 Å². The zero-order valence-corrected chi connectivity index (χ0v) is 26.4. The van der Waals surface area contributed by atoms with Crippen LogP contribution in [0, 0.1) is 6.92 Å². The quantitative estimate of drug-likeness (QED) is 0.129. The van der Waals surface area contributed by atoms with Crippen LogP contribution in [-0.2, 0) is 10.9 Å². The maximum absolute atomic E-state index is 2.26. The molecule has 7 aromatic carbocycles. The Morgan fingerprint density at radius 1 is 0.289 bits per heavy atom. The molecule has 45 heavy (non-hydrogen) atoms. The summed E-state index contributed by atoms with van der Waals surface area (Å²) in [5.74, 6) is 0. The molecule has 2 heteroatoms. The lowest BCUT2D eigenvalue weighted by Gasteiger charge is -2.44. The van der Waals surface area contributed by atoms with Crippen LogP contribution in [0.4, 0.5) is 0 Å². The van der Waals surface area contributed by atoms with Gasteiger partial charge in [-0.1, -0.05) is 175 Å². The molecule has 7 aromatic rings. The van der Waals surface area contributed by atoms with Gasteiger partial charge in [0.05, 0.1) is 10.9 Å². The van der Waals surface area contributed by atoms with Gasteiger partial charge in [-0.05, 0) is 43.3 Å². The number of rotatable bonds is 7. The van der Waals surface area contributed by atoms with E-state index in [4.69, 9.17) is 0 Å². The van der Waals surface area contributed by atoms with Crippen LogP contribution in [0.2, 0.25) is 0 Å². The number of hydrogen-bond donors (Lipinski definition) is 0. The lowest BCUT2D eigenvalue weighted by Crippen LogP contribution is -2.74. The van der Waals surface area contributed by atoms with E-state index in [0.717, 1.165) is 0 Å². The highest BCUT2D eigenvalue weighted by Crippen LogP contribution is 2.30. The predicted octanol–water partition coefficient (Wildman–Crippen LogP) is 8.15. The topological polar surface area (TPSA) is 0 Å². The van der Waals surface area contributed by atoms with Gasteiger partial charge in [0.15, 0.2) is 14.7 Å². The summed E-state index contributed by atoms with van der Waals surface area (Å²) in [5.41, 5.74) is 6.66. The zero-order chi connectivity index (χ0) is 30.7. The molecule has 0 aromatic heterocycles. The van der Waals surface area contributed by atoms with Gasteiger partial charge in [0.1, 0.15) is 6.15 Å². The van der Waals surface area contributed by atoms with E-state index in [9.17, 15) is 0 Å². The van der Waals surface area contributed by atoms with Crippen molar-refractivity contribution in [2.45, 2.75) is 21.6 Å². The smallest absolute Gasteiger partial charge is 0.166 e. The van der Waals surface area contributed by atoms with Gasteiger partial charge >= 0.3 is 0 Å². The molecule has 0 aliphatic rings. The third-order valence-electron chi connectivity index (χ3n) is 8.41. The Kier molecular flexibility index (Phi) is 9.75. The van der Waals surface area contributed by atoms with Crippen LogP contribution in [0.3, 0.4) is 0 Å². The lowest BCUT2D eigenvalue weighted by atomic mass is 9.13. The average Bonchev–Trinajstić information content (AvgIpc) is 3.13. The Hall–Kier alpha value is -5.05. The minimum absolute atomic E-state index is 0.0229. The van der Waals surface area contributed by atoms with E-state index in [0.29, 0.717) is 0 Å². The molecule has 0 bridgehead atoms. The summed E-state index contributed by atoms with van der Waals surface area (Å²) in [6, 6.07) is 73.9. The van der Waals surface area contributed by atoms with Crippen molar-refractivity contribution in [1.82, 2.24) is 0 Å². The second-order valence-corrected chi connectivity index (χ2v) is 13.3. The summed E-state index contributed by atoms with van der Waals surface area (Å²) < 4.78 is 0. The van der Waals surface area contributed by atoms with Gasteiger partial charge in [0, 0.05) is 0 Å². The molecule has 0 heterocycles. The summed E-state index contributed by atoms with van der Waals surface area (Å²) in [4.78, 5) is 4.10. The first-order valence-corrected chi connectivity index (χ1v) is 16.8. The maximum atomic E-state index is 2.26. The summed E-state index contributed by atoms with van der Waals surface area (Å²) in [7, 11) is -0.0229. The van der Waals surface area contributed by atoms with Crippen molar-refractivity contribution in [1.29, 1.82) is 0 Å². The molecule has 0 saturated carbocycles. The van der Waals surface area contributed by atoms with Gasteiger partial charge in [-0.2, -0.15) is 21.9 Å². The Morgan fingerprint density at radius 3 is 0.822 bits per heavy atom. The van der Waals surface area contributed by atoms with Gasteiger partial charge in [-0.3, -0.25) is 0 Å². The molecule has 0 aliphatic heterocycles. The van der Waals surface area contributed by atoms with E-state index in [2.05, 4.69) is 213 Å². The highest BCUT2D eigenvalue weighted by Gasteiger charge is 2.31. The Morgan fingerprint density at radius 2 is 0.533 bits per heavy atom. The fourth-order valence-corrected chi connectivity index (χ4v) is 8.40. The highest BCUT2D eigenvalue weighted by atomic mass is 32.2. The molecule has 218 valence electrons. The Bertz CT molecular complexity index is 1660. The molecule has 0 radical (unpaired) electrons. The Balaban J connectivity index is 0.000000163. The zero-order valence-electron chi connectivity index (χ0n) is 25.6. The van der Waals surface area contributed by atoms with Crippen LogP contribution in [0.25, 0.3) is 0 Å². The molecule has 0 N–H and O–H groups in total. The van der Waals surface area contributed by atoms with E-state index in [1.807, 2.05) is 0 Å². The van der Waals surface area contributed by atoms with E-state index in [1.54, 1.807) is 0 Å². The van der Waals surface area contributed by atoms with Crippen LogP contribution >= 0.6 is 0 Å². The lowest BCUT2D eigenvalue weighted by molar-refractivity contribution is 1.30. The van der Waals surface area contributed by atoms with Crippen LogP contribution in [0.5, 0.6) is 0 Å². The van der Waals surface area contributed by atoms with Crippen molar-refractivity contribution >= 4 is 38.9 Å². The molecular formula is C43H37BS. The first-order chi connectivity index (χ1) is 22.3. The van der Waals surface area contributed by atoms with Gasteiger partial charge in [0.25, 0.3) is 0 Å². The summed E-state index contributed by atoms with van der Waals surface area (Å²) in [6.45, 7) is 2.13. The molecule has 0 amide bonds. The van der Waals surface area contributed by atoms with Gasteiger partial charge < -0.3 is 0 Å².